The Morgan fingerprint density at radius 1 is 1.00 bits per heavy atom. The van der Waals surface area contributed by atoms with Gasteiger partial charge in [-0.3, -0.25) is 9.59 Å². The molecule has 0 bridgehead atoms. The Labute approximate surface area is 102 Å². The fourth-order valence-corrected chi connectivity index (χ4v) is 0.948. The number of hydrogen-bond donors (Lipinski definition) is 1. The van der Waals surface area contributed by atoms with E-state index in [4.69, 9.17) is 14.2 Å². The molecule has 0 spiro atoms. The fraction of sp³-hybridized carbons (Fsp3) is 0.818. The summed E-state index contributed by atoms with van der Waals surface area (Å²) in [5, 5.41) is 2.49. The molecule has 0 aliphatic heterocycles. The second-order valence-electron chi connectivity index (χ2n) is 3.36. The minimum absolute atomic E-state index is 0.128. The van der Waals surface area contributed by atoms with Crippen LogP contribution in [0.5, 0.6) is 0 Å². The van der Waals surface area contributed by atoms with Crippen LogP contribution in [0.25, 0.3) is 0 Å². The van der Waals surface area contributed by atoms with Gasteiger partial charge in [0.15, 0.2) is 0 Å². The number of amides is 1. The van der Waals surface area contributed by atoms with Gasteiger partial charge in [0.25, 0.3) is 0 Å². The van der Waals surface area contributed by atoms with Crippen molar-refractivity contribution in [3.05, 3.63) is 0 Å². The molecule has 0 aromatic carbocycles. The lowest BCUT2D eigenvalue weighted by Crippen LogP contribution is -2.19. The number of ketones is 1. The summed E-state index contributed by atoms with van der Waals surface area (Å²) in [5.41, 5.74) is 0. The monoisotopic (exact) mass is 247 g/mol. The summed E-state index contributed by atoms with van der Waals surface area (Å²) in [6.45, 7) is 4.96. The standard InChI is InChI=1S/C11H21NO5/c1-11(14)2-4-15-6-8-17-9-7-16-5-3-12-10-13/h10H,2-9H2,1H3,(H,12,13). The zero-order valence-electron chi connectivity index (χ0n) is 10.3. The molecule has 0 saturated carbocycles. The molecule has 0 aliphatic carbocycles. The van der Waals surface area contributed by atoms with E-state index in [-0.39, 0.29) is 5.78 Å². The number of nitrogens with one attached hydrogen (secondary N) is 1. The maximum absolute atomic E-state index is 10.6. The van der Waals surface area contributed by atoms with Gasteiger partial charge in [-0.1, -0.05) is 0 Å². The molecule has 6 heteroatoms. The summed E-state index contributed by atoms with van der Waals surface area (Å²) in [6.07, 6.45) is 1.09. The van der Waals surface area contributed by atoms with Crippen molar-refractivity contribution in [3.8, 4) is 0 Å². The molecule has 1 amide bonds. The lowest BCUT2D eigenvalue weighted by molar-refractivity contribution is -0.118. The number of ether oxygens (including phenoxy) is 3. The lowest BCUT2D eigenvalue weighted by Gasteiger charge is -2.06. The van der Waals surface area contributed by atoms with Gasteiger partial charge in [0.2, 0.25) is 6.41 Å². The Hall–Kier alpha value is -0.980. The summed E-state index contributed by atoms with van der Waals surface area (Å²) in [4.78, 5) is 20.5. The number of carbonyl (C=O) groups is 2. The molecule has 0 unspecified atom stereocenters. The maximum Gasteiger partial charge on any atom is 0.207 e. The molecule has 0 saturated heterocycles. The summed E-state index contributed by atoms with van der Waals surface area (Å²) < 4.78 is 15.6. The summed E-state index contributed by atoms with van der Waals surface area (Å²) in [5.74, 6) is 0.128. The zero-order valence-corrected chi connectivity index (χ0v) is 10.3. The molecule has 0 radical (unpaired) electrons. The third kappa shape index (κ3) is 15.0. The van der Waals surface area contributed by atoms with Gasteiger partial charge in [0.05, 0.1) is 39.6 Å². The van der Waals surface area contributed by atoms with E-state index in [1.807, 2.05) is 0 Å². The maximum atomic E-state index is 10.6. The zero-order chi connectivity index (χ0) is 12.8. The van der Waals surface area contributed by atoms with Crippen LogP contribution in [0.3, 0.4) is 0 Å². The predicted octanol–water partition coefficient (Wildman–Crippen LogP) is -0.239. The largest absolute Gasteiger partial charge is 0.379 e. The number of hydrogen-bond acceptors (Lipinski definition) is 5. The highest BCUT2D eigenvalue weighted by Crippen LogP contribution is 1.85. The van der Waals surface area contributed by atoms with Crippen LogP contribution in [0.4, 0.5) is 0 Å². The van der Waals surface area contributed by atoms with Gasteiger partial charge in [-0.15, -0.1) is 0 Å². The lowest BCUT2D eigenvalue weighted by atomic mass is 10.3. The molecule has 17 heavy (non-hydrogen) atoms. The molecular weight excluding hydrogens is 226 g/mol. The SMILES string of the molecule is CC(=O)CCOCCOCCOCCNC=O. The molecule has 0 aromatic rings. The van der Waals surface area contributed by atoms with Crippen LogP contribution in [0, 0.1) is 0 Å². The fourth-order valence-electron chi connectivity index (χ4n) is 0.948. The smallest absolute Gasteiger partial charge is 0.207 e. The molecule has 6 nitrogen and oxygen atoms in total. The van der Waals surface area contributed by atoms with Crippen LogP contribution >= 0.6 is 0 Å². The predicted molar refractivity (Wildman–Crippen MR) is 61.8 cm³/mol. The minimum Gasteiger partial charge on any atom is -0.379 e. The molecule has 0 aliphatic rings. The first-order valence-electron chi connectivity index (χ1n) is 5.67. The van der Waals surface area contributed by atoms with Crippen LogP contribution in [-0.2, 0) is 23.8 Å². The molecular formula is C11H21NO5. The van der Waals surface area contributed by atoms with Crippen LogP contribution in [0.15, 0.2) is 0 Å². The second-order valence-corrected chi connectivity index (χ2v) is 3.36. The highest BCUT2D eigenvalue weighted by molar-refractivity contribution is 5.75. The van der Waals surface area contributed by atoms with Crippen molar-refractivity contribution in [2.75, 3.05) is 46.2 Å². The van der Waals surface area contributed by atoms with Crippen molar-refractivity contribution >= 4 is 12.2 Å². The van der Waals surface area contributed by atoms with Crippen molar-refractivity contribution < 1.29 is 23.8 Å². The van der Waals surface area contributed by atoms with E-state index in [9.17, 15) is 9.59 Å². The van der Waals surface area contributed by atoms with E-state index in [0.717, 1.165) is 0 Å². The van der Waals surface area contributed by atoms with E-state index in [1.54, 1.807) is 0 Å². The highest BCUT2D eigenvalue weighted by Gasteiger charge is 1.94. The Bertz CT molecular complexity index is 198. The molecule has 0 atom stereocenters. The minimum atomic E-state index is 0.128. The van der Waals surface area contributed by atoms with Gasteiger partial charge in [0.1, 0.15) is 5.78 Å². The third-order valence-corrected chi connectivity index (χ3v) is 1.82. The highest BCUT2D eigenvalue weighted by atomic mass is 16.5. The normalized spacial score (nSPS) is 10.2. The summed E-state index contributed by atoms with van der Waals surface area (Å²) in [7, 11) is 0. The molecule has 0 heterocycles. The first-order valence-corrected chi connectivity index (χ1v) is 5.67. The second kappa shape index (κ2) is 13.1. The molecule has 100 valence electrons. The Kier molecular flexibility index (Phi) is 12.3. The first-order chi connectivity index (χ1) is 8.27. The van der Waals surface area contributed by atoms with Crippen LogP contribution in [0.2, 0.25) is 0 Å². The van der Waals surface area contributed by atoms with Gasteiger partial charge >= 0.3 is 0 Å². The van der Waals surface area contributed by atoms with Gasteiger partial charge < -0.3 is 19.5 Å². The van der Waals surface area contributed by atoms with E-state index in [1.165, 1.54) is 6.92 Å². The summed E-state index contributed by atoms with van der Waals surface area (Å²) in [6, 6.07) is 0. The number of Topliss-reactive ketones (excluding diaryl/α,β-unsaturated/α-hetero) is 1. The van der Waals surface area contributed by atoms with Crippen molar-refractivity contribution in [3.63, 3.8) is 0 Å². The van der Waals surface area contributed by atoms with Crippen molar-refractivity contribution in [2.24, 2.45) is 0 Å². The van der Waals surface area contributed by atoms with Gasteiger partial charge in [0, 0.05) is 13.0 Å². The number of rotatable bonds is 13. The quantitative estimate of drug-likeness (QED) is 0.359. The Balaban J connectivity index is 2.94. The van der Waals surface area contributed by atoms with Crippen LogP contribution in [0.1, 0.15) is 13.3 Å². The Morgan fingerprint density at radius 2 is 1.53 bits per heavy atom. The van der Waals surface area contributed by atoms with E-state index in [0.29, 0.717) is 59.0 Å². The molecule has 0 aromatic heterocycles. The van der Waals surface area contributed by atoms with E-state index < -0.39 is 0 Å². The topological polar surface area (TPSA) is 73.9 Å². The van der Waals surface area contributed by atoms with Crippen LogP contribution < -0.4 is 5.32 Å². The van der Waals surface area contributed by atoms with Crippen molar-refractivity contribution in [2.45, 2.75) is 13.3 Å². The number of carbonyl (C=O) groups excluding carboxylic acids is 2. The summed E-state index contributed by atoms with van der Waals surface area (Å²) >= 11 is 0. The average molecular weight is 247 g/mol. The molecule has 1 N–H and O–H groups in total. The first kappa shape index (κ1) is 16.0. The van der Waals surface area contributed by atoms with Crippen molar-refractivity contribution in [1.29, 1.82) is 0 Å². The average Bonchev–Trinajstić information content (AvgIpc) is 2.30. The molecule has 0 rings (SSSR count). The van der Waals surface area contributed by atoms with Gasteiger partial charge in [-0.25, -0.2) is 0 Å². The molecule has 0 fully saturated rings. The Morgan fingerprint density at radius 3 is 2.06 bits per heavy atom. The van der Waals surface area contributed by atoms with Gasteiger partial charge in [-0.2, -0.15) is 0 Å². The van der Waals surface area contributed by atoms with Crippen LogP contribution in [-0.4, -0.2) is 58.4 Å². The third-order valence-electron chi connectivity index (χ3n) is 1.82. The van der Waals surface area contributed by atoms with Crippen molar-refractivity contribution in [1.82, 2.24) is 5.32 Å². The van der Waals surface area contributed by atoms with E-state index >= 15 is 0 Å². The van der Waals surface area contributed by atoms with Gasteiger partial charge in [-0.05, 0) is 6.92 Å². The van der Waals surface area contributed by atoms with E-state index in [2.05, 4.69) is 5.32 Å².